The maximum Gasteiger partial charge on any atom is 0.317 e. The lowest BCUT2D eigenvalue weighted by molar-refractivity contribution is 0.0750. The molecule has 1 N–H and O–H groups in total. The smallest absolute Gasteiger partial charge is 0.317 e. The van der Waals surface area contributed by atoms with Crippen molar-refractivity contribution in [2.45, 2.75) is 31.7 Å². The van der Waals surface area contributed by atoms with E-state index in [4.69, 9.17) is 4.74 Å². The van der Waals surface area contributed by atoms with Crippen LogP contribution < -0.4 is 5.32 Å². The van der Waals surface area contributed by atoms with Crippen molar-refractivity contribution >= 4 is 11.8 Å². The first-order valence-corrected chi connectivity index (χ1v) is 8.56. The van der Waals surface area contributed by atoms with Crippen molar-refractivity contribution in [1.82, 2.24) is 10.2 Å². The van der Waals surface area contributed by atoms with Crippen LogP contribution in [0.2, 0.25) is 0 Å². The Morgan fingerprint density at radius 1 is 1.12 bits per heavy atom. The number of halogens is 1. The molecule has 130 valence electrons. The first kappa shape index (κ1) is 16.9. The van der Waals surface area contributed by atoms with Crippen molar-refractivity contribution in [2.24, 2.45) is 5.92 Å². The Labute approximate surface area is 141 Å². The number of amides is 2. The third-order valence-corrected chi connectivity index (χ3v) is 4.76. The van der Waals surface area contributed by atoms with Gasteiger partial charge in [0, 0.05) is 43.8 Å². The van der Waals surface area contributed by atoms with Crippen LogP contribution in [-0.4, -0.2) is 49.1 Å². The predicted molar refractivity (Wildman–Crippen MR) is 87.4 cm³/mol. The zero-order chi connectivity index (χ0) is 16.9. The van der Waals surface area contributed by atoms with Gasteiger partial charge in [0.15, 0.2) is 5.78 Å². The Hall–Kier alpha value is -1.95. The van der Waals surface area contributed by atoms with Gasteiger partial charge in [-0.1, -0.05) is 0 Å². The first-order valence-electron chi connectivity index (χ1n) is 8.56. The molecule has 0 aliphatic carbocycles. The van der Waals surface area contributed by atoms with Gasteiger partial charge in [-0.05, 0) is 49.9 Å². The lowest BCUT2D eigenvalue weighted by Gasteiger charge is -2.34. The summed E-state index contributed by atoms with van der Waals surface area (Å²) in [4.78, 5) is 26.7. The molecular weight excluding hydrogens is 311 g/mol. The quantitative estimate of drug-likeness (QED) is 0.865. The molecule has 0 spiro atoms. The molecule has 1 atom stereocenters. The van der Waals surface area contributed by atoms with Crippen LogP contribution in [0, 0.1) is 11.7 Å². The number of ether oxygens (including phenoxy) is 1. The van der Waals surface area contributed by atoms with Crippen LogP contribution in [0.5, 0.6) is 0 Å². The summed E-state index contributed by atoms with van der Waals surface area (Å²) >= 11 is 0. The van der Waals surface area contributed by atoms with Crippen LogP contribution >= 0.6 is 0 Å². The highest BCUT2D eigenvalue weighted by atomic mass is 19.1. The van der Waals surface area contributed by atoms with Crippen molar-refractivity contribution in [2.75, 3.05) is 26.3 Å². The third kappa shape index (κ3) is 4.12. The van der Waals surface area contributed by atoms with Gasteiger partial charge in [-0.25, -0.2) is 9.18 Å². The van der Waals surface area contributed by atoms with Crippen LogP contribution in [0.25, 0.3) is 0 Å². The number of benzene rings is 1. The van der Waals surface area contributed by atoms with Crippen LogP contribution in [0.3, 0.4) is 0 Å². The van der Waals surface area contributed by atoms with E-state index in [0.29, 0.717) is 31.9 Å². The van der Waals surface area contributed by atoms with Gasteiger partial charge in [-0.15, -0.1) is 0 Å². The molecular formula is C18H23FN2O3. The molecule has 0 saturated carbocycles. The number of hydrogen-bond donors (Lipinski definition) is 1. The summed E-state index contributed by atoms with van der Waals surface area (Å²) in [5.41, 5.74) is 0.507. The highest BCUT2D eigenvalue weighted by molar-refractivity contribution is 5.98. The lowest BCUT2D eigenvalue weighted by Crippen LogP contribution is -2.50. The summed E-state index contributed by atoms with van der Waals surface area (Å²) < 4.78 is 18.3. The maximum atomic E-state index is 13.0. The number of nitrogens with zero attached hydrogens (tertiary/aromatic N) is 1. The van der Waals surface area contributed by atoms with E-state index in [2.05, 4.69) is 5.32 Å². The standard InChI is InChI=1S/C18H23FN2O3/c19-15-5-3-13(4-6-15)17(22)14-2-1-9-21(12-14)18(23)20-16-7-10-24-11-8-16/h3-6,14,16H,1-2,7-12H2,(H,20,23)/t14-/m1/s1. The Morgan fingerprint density at radius 2 is 1.83 bits per heavy atom. The molecule has 0 bridgehead atoms. The molecule has 0 unspecified atom stereocenters. The molecule has 0 aromatic heterocycles. The number of urea groups is 1. The Bertz CT molecular complexity index is 584. The number of Topliss-reactive ketones (excluding diaryl/α,β-unsaturated/α-hetero) is 1. The molecule has 0 radical (unpaired) electrons. The van der Waals surface area contributed by atoms with Crippen LogP contribution in [0.15, 0.2) is 24.3 Å². The van der Waals surface area contributed by atoms with Gasteiger partial charge in [-0.2, -0.15) is 0 Å². The summed E-state index contributed by atoms with van der Waals surface area (Å²) in [6.07, 6.45) is 3.23. The number of carbonyl (C=O) groups is 2. The monoisotopic (exact) mass is 334 g/mol. The fraction of sp³-hybridized carbons (Fsp3) is 0.556. The molecule has 2 aliphatic rings. The first-order chi connectivity index (χ1) is 11.6. The summed E-state index contributed by atoms with van der Waals surface area (Å²) in [6, 6.07) is 5.67. The van der Waals surface area contributed by atoms with Crippen molar-refractivity contribution in [1.29, 1.82) is 0 Å². The number of nitrogens with one attached hydrogen (secondary N) is 1. The van der Waals surface area contributed by atoms with Crippen molar-refractivity contribution in [3.63, 3.8) is 0 Å². The van der Waals surface area contributed by atoms with Crippen molar-refractivity contribution in [3.05, 3.63) is 35.6 Å². The van der Waals surface area contributed by atoms with Crippen molar-refractivity contribution < 1.29 is 18.7 Å². The predicted octanol–water partition coefficient (Wildman–Crippen LogP) is 2.61. The number of carbonyl (C=O) groups excluding carboxylic acids is 2. The van der Waals surface area contributed by atoms with Gasteiger partial charge in [-0.3, -0.25) is 4.79 Å². The van der Waals surface area contributed by atoms with E-state index in [0.717, 1.165) is 25.7 Å². The Kier molecular flexibility index (Phi) is 5.45. The van der Waals surface area contributed by atoms with Gasteiger partial charge in [0.05, 0.1) is 0 Å². The Balaban J connectivity index is 1.58. The molecule has 3 rings (SSSR count). The minimum Gasteiger partial charge on any atom is -0.381 e. The Morgan fingerprint density at radius 3 is 2.54 bits per heavy atom. The molecule has 2 aliphatic heterocycles. The maximum absolute atomic E-state index is 13.0. The van der Waals surface area contributed by atoms with E-state index in [9.17, 15) is 14.0 Å². The SMILES string of the molecule is O=C(c1ccc(F)cc1)[C@@H]1CCCN(C(=O)NC2CCOCC2)C1. The zero-order valence-corrected chi connectivity index (χ0v) is 13.7. The topological polar surface area (TPSA) is 58.6 Å². The number of ketones is 1. The van der Waals surface area contributed by atoms with E-state index >= 15 is 0 Å². The van der Waals surface area contributed by atoms with E-state index in [1.807, 2.05) is 0 Å². The molecule has 1 aromatic carbocycles. The summed E-state index contributed by atoms with van der Waals surface area (Å²) in [7, 11) is 0. The zero-order valence-electron chi connectivity index (χ0n) is 13.7. The molecule has 24 heavy (non-hydrogen) atoms. The number of hydrogen-bond acceptors (Lipinski definition) is 3. The van der Waals surface area contributed by atoms with Crippen LogP contribution in [0.4, 0.5) is 9.18 Å². The summed E-state index contributed by atoms with van der Waals surface area (Å²) in [5.74, 6) is -0.587. The summed E-state index contributed by atoms with van der Waals surface area (Å²) in [5, 5.41) is 3.04. The second-order valence-corrected chi connectivity index (χ2v) is 6.49. The van der Waals surface area contributed by atoms with E-state index in [-0.39, 0.29) is 29.6 Å². The highest BCUT2D eigenvalue weighted by Gasteiger charge is 2.30. The van der Waals surface area contributed by atoms with Gasteiger partial charge in [0.25, 0.3) is 0 Å². The molecule has 5 nitrogen and oxygen atoms in total. The normalized spacial score (nSPS) is 22.2. The second kappa shape index (κ2) is 7.75. The minimum absolute atomic E-state index is 0.0152. The summed E-state index contributed by atoms with van der Waals surface area (Å²) in [6.45, 7) is 2.45. The average Bonchev–Trinajstić information content (AvgIpc) is 2.63. The third-order valence-electron chi connectivity index (χ3n) is 4.76. The van der Waals surface area contributed by atoms with E-state index in [1.54, 1.807) is 4.90 Å². The number of piperidine rings is 1. The van der Waals surface area contributed by atoms with Gasteiger partial charge < -0.3 is 15.0 Å². The molecule has 2 fully saturated rings. The van der Waals surface area contributed by atoms with Gasteiger partial charge in [0.1, 0.15) is 5.82 Å². The largest absolute Gasteiger partial charge is 0.381 e. The molecule has 2 heterocycles. The van der Waals surface area contributed by atoms with Crippen LogP contribution in [0.1, 0.15) is 36.0 Å². The molecule has 1 aromatic rings. The minimum atomic E-state index is -0.354. The fourth-order valence-electron chi connectivity index (χ4n) is 3.33. The lowest BCUT2D eigenvalue weighted by atomic mass is 9.90. The average molecular weight is 334 g/mol. The van der Waals surface area contributed by atoms with E-state index < -0.39 is 0 Å². The van der Waals surface area contributed by atoms with Gasteiger partial charge in [0.2, 0.25) is 0 Å². The molecule has 2 amide bonds. The second-order valence-electron chi connectivity index (χ2n) is 6.49. The number of rotatable bonds is 3. The molecule has 6 heteroatoms. The molecule has 2 saturated heterocycles. The fourth-order valence-corrected chi connectivity index (χ4v) is 3.33. The van der Waals surface area contributed by atoms with Crippen molar-refractivity contribution in [3.8, 4) is 0 Å². The number of likely N-dealkylation sites (tertiary alicyclic amines) is 1. The van der Waals surface area contributed by atoms with Crippen LogP contribution in [-0.2, 0) is 4.74 Å². The van der Waals surface area contributed by atoms with E-state index in [1.165, 1.54) is 24.3 Å². The van der Waals surface area contributed by atoms with Gasteiger partial charge >= 0.3 is 6.03 Å². The highest BCUT2D eigenvalue weighted by Crippen LogP contribution is 2.21.